The van der Waals surface area contributed by atoms with Crippen LogP contribution in [0.5, 0.6) is 0 Å². The van der Waals surface area contributed by atoms with E-state index in [1.54, 1.807) is 0 Å². The van der Waals surface area contributed by atoms with Gasteiger partial charge in [0.15, 0.2) is 6.10 Å². The van der Waals surface area contributed by atoms with Crippen molar-refractivity contribution in [2.75, 3.05) is 26.4 Å². The van der Waals surface area contributed by atoms with E-state index in [1.807, 2.05) is 0 Å². The Morgan fingerprint density at radius 3 is 1.40 bits per heavy atom. The topological polar surface area (TPSA) is 149 Å². The van der Waals surface area contributed by atoms with Crippen LogP contribution in [0.25, 0.3) is 0 Å². The zero-order chi connectivity index (χ0) is 39.1. The van der Waals surface area contributed by atoms with Crippen LogP contribution in [0.15, 0.2) is 24.3 Å². The largest absolute Gasteiger partial charge is 0.472 e. The van der Waals surface area contributed by atoms with Crippen LogP contribution < -0.4 is 0 Å². The minimum atomic E-state index is -4.62. The van der Waals surface area contributed by atoms with Gasteiger partial charge in [-0.25, -0.2) is 4.57 Å². The van der Waals surface area contributed by atoms with Crippen molar-refractivity contribution in [3.8, 4) is 0 Å². The average molecular weight is 775 g/mol. The fraction of sp³-hybridized carbons (Fsp3) is 0.857. The van der Waals surface area contributed by atoms with Gasteiger partial charge in [0, 0.05) is 12.8 Å². The third-order valence-electron chi connectivity index (χ3n) is 9.08. The summed E-state index contributed by atoms with van der Waals surface area (Å²) in [5, 5.41) is 18.3. The van der Waals surface area contributed by atoms with Crippen molar-refractivity contribution < 1.29 is 47.8 Å². The number of allylic oxidation sites excluding steroid dienone is 4. The number of phosphoric ester groups is 1. The predicted molar refractivity (Wildman–Crippen MR) is 215 cm³/mol. The molecule has 0 aromatic rings. The molecule has 0 aliphatic rings. The maximum Gasteiger partial charge on any atom is 0.472 e. The highest BCUT2D eigenvalue weighted by Gasteiger charge is 2.27. The van der Waals surface area contributed by atoms with Crippen molar-refractivity contribution in [2.45, 2.75) is 206 Å². The number of hydrogen-bond donors (Lipinski definition) is 3. The van der Waals surface area contributed by atoms with Gasteiger partial charge in [-0.1, -0.05) is 141 Å². The molecule has 0 saturated carbocycles. The molecular formula is C42H79O10P. The Morgan fingerprint density at radius 1 is 0.547 bits per heavy atom. The van der Waals surface area contributed by atoms with Gasteiger partial charge in [-0.3, -0.25) is 18.6 Å². The Labute approximate surface area is 323 Å². The lowest BCUT2D eigenvalue weighted by Crippen LogP contribution is -2.29. The van der Waals surface area contributed by atoms with Crippen molar-refractivity contribution in [1.82, 2.24) is 0 Å². The lowest BCUT2D eigenvalue weighted by molar-refractivity contribution is -0.161. The van der Waals surface area contributed by atoms with Crippen LogP contribution in [-0.4, -0.2) is 65.7 Å². The molecule has 3 N–H and O–H groups in total. The molecule has 0 aliphatic heterocycles. The third kappa shape index (κ3) is 38.5. The smallest absolute Gasteiger partial charge is 0.462 e. The van der Waals surface area contributed by atoms with E-state index in [4.69, 9.17) is 19.1 Å². The van der Waals surface area contributed by atoms with Crippen LogP contribution in [-0.2, 0) is 32.7 Å². The van der Waals surface area contributed by atoms with Crippen molar-refractivity contribution in [1.29, 1.82) is 0 Å². The lowest BCUT2D eigenvalue weighted by Gasteiger charge is -2.20. The summed E-state index contributed by atoms with van der Waals surface area (Å²) in [6.45, 7) is 2.34. The van der Waals surface area contributed by atoms with E-state index in [1.165, 1.54) is 109 Å². The Bertz CT molecular complexity index is 941. The highest BCUT2D eigenvalue weighted by atomic mass is 31.2. The van der Waals surface area contributed by atoms with Gasteiger partial charge in [0.2, 0.25) is 0 Å². The van der Waals surface area contributed by atoms with Crippen LogP contribution in [0, 0.1) is 0 Å². The Morgan fingerprint density at radius 2 is 0.925 bits per heavy atom. The maximum atomic E-state index is 12.6. The fourth-order valence-electron chi connectivity index (χ4n) is 5.75. The molecule has 0 spiro atoms. The minimum Gasteiger partial charge on any atom is -0.462 e. The molecule has 1 unspecified atom stereocenters. The molecule has 53 heavy (non-hydrogen) atoms. The second kappa shape index (κ2) is 38.7. The van der Waals surface area contributed by atoms with E-state index < -0.39 is 51.8 Å². The summed E-state index contributed by atoms with van der Waals surface area (Å²) in [5.41, 5.74) is 0. The molecule has 0 aromatic carbocycles. The van der Waals surface area contributed by atoms with Crippen molar-refractivity contribution in [3.05, 3.63) is 24.3 Å². The van der Waals surface area contributed by atoms with Gasteiger partial charge in [0.1, 0.15) is 12.7 Å². The Balaban J connectivity index is 4.35. The van der Waals surface area contributed by atoms with E-state index in [-0.39, 0.29) is 19.4 Å². The number of carbonyl (C=O) groups excluding carboxylic acids is 2. The van der Waals surface area contributed by atoms with E-state index in [0.29, 0.717) is 12.8 Å². The molecule has 11 heteroatoms. The van der Waals surface area contributed by atoms with E-state index in [2.05, 4.69) is 42.7 Å². The summed E-state index contributed by atoms with van der Waals surface area (Å²) in [7, 11) is -4.62. The number of ether oxygens (including phenoxy) is 2. The van der Waals surface area contributed by atoms with E-state index in [0.717, 1.165) is 44.9 Å². The summed E-state index contributed by atoms with van der Waals surface area (Å²) in [6, 6.07) is 0. The average Bonchev–Trinajstić information content (AvgIpc) is 3.14. The second-order valence-corrected chi connectivity index (χ2v) is 15.8. The molecule has 0 fully saturated rings. The number of aliphatic hydroxyl groups excluding tert-OH is 2. The monoisotopic (exact) mass is 775 g/mol. The number of phosphoric acid groups is 1. The zero-order valence-corrected chi connectivity index (χ0v) is 34.6. The summed E-state index contributed by atoms with van der Waals surface area (Å²) >= 11 is 0. The normalized spacial score (nSPS) is 14.1. The number of unbranched alkanes of at least 4 members (excludes halogenated alkanes) is 22. The quantitative estimate of drug-likeness (QED) is 0.0238. The number of aliphatic hydroxyl groups is 2. The van der Waals surface area contributed by atoms with Crippen LogP contribution in [0.2, 0.25) is 0 Å². The van der Waals surface area contributed by atoms with Crippen molar-refractivity contribution >= 4 is 19.8 Å². The molecule has 3 atom stereocenters. The molecule has 0 rings (SSSR count). The molecule has 0 aromatic heterocycles. The number of hydrogen-bond acceptors (Lipinski definition) is 9. The van der Waals surface area contributed by atoms with Crippen LogP contribution >= 0.6 is 7.82 Å². The van der Waals surface area contributed by atoms with Crippen LogP contribution in [0.4, 0.5) is 0 Å². The van der Waals surface area contributed by atoms with Crippen molar-refractivity contribution in [3.63, 3.8) is 0 Å². The third-order valence-corrected chi connectivity index (χ3v) is 10.0. The molecule has 10 nitrogen and oxygen atoms in total. The minimum absolute atomic E-state index is 0.153. The highest BCUT2D eigenvalue weighted by Crippen LogP contribution is 2.43. The van der Waals surface area contributed by atoms with Gasteiger partial charge in [-0.15, -0.1) is 0 Å². The molecular weight excluding hydrogens is 695 g/mol. The van der Waals surface area contributed by atoms with Crippen LogP contribution in [0.1, 0.15) is 194 Å². The van der Waals surface area contributed by atoms with Crippen LogP contribution in [0.3, 0.4) is 0 Å². The molecule has 312 valence electrons. The lowest BCUT2D eigenvalue weighted by atomic mass is 10.1. The summed E-state index contributed by atoms with van der Waals surface area (Å²) < 4.78 is 32.6. The van der Waals surface area contributed by atoms with Gasteiger partial charge in [0.25, 0.3) is 0 Å². The summed E-state index contributed by atoms with van der Waals surface area (Å²) in [5.74, 6) is -0.965. The van der Waals surface area contributed by atoms with Gasteiger partial charge in [-0.2, -0.15) is 0 Å². The predicted octanol–water partition coefficient (Wildman–Crippen LogP) is 11.0. The van der Waals surface area contributed by atoms with Crippen molar-refractivity contribution in [2.24, 2.45) is 0 Å². The molecule has 0 bridgehead atoms. The fourth-order valence-corrected chi connectivity index (χ4v) is 6.54. The van der Waals surface area contributed by atoms with E-state index >= 15 is 0 Å². The van der Waals surface area contributed by atoms with E-state index in [9.17, 15) is 24.2 Å². The number of rotatable bonds is 40. The highest BCUT2D eigenvalue weighted by molar-refractivity contribution is 7.47. The standard InChI is InChI=1S/C42H79O10P/c1-3-5-7-9-11-13-15-17-19-21-23-25-27-29-31-33-41(45)49-37-40(38-51-53(47,48)50-36-39(44)35-43)52-42(46)34-32-30-28-26-24-22-20-18-16-14-12-10-8-6-4-2/h21,23-24,26,39-40,43-44H,3-20,22,25,27-38H2,1-2H3,(H,47,48)/b23-21+,26-24+/t39-,40+/m0/s1. The molecule has 0 aliphatic carbocycles. The SMILES string of the molecule is CCCCCCCCCC/C=C/CCCCCC(=O)OC[C@H](COP(=O)(O)OC[C@@H](O)CO)OC(=O)CCCC/C=C/CCCCCCCCCCC. The maximum absolute atomic E-state index is 12.6. The number of esters is 2. The molecule has 0 amide bonds. The first-order valence-electron chi connectivity index (χ1n) is 21.3. The second-order valence-electron chi connectivity index (χ2n) is 14.4. The van der Waals surface area contributed by atoms with Gasteiger partial charge < -0.3 is 24.6 Å². The Hall–Kier alpha value is -1.55. The zero-order valence-electron chi connectivity index (χ0n) is 33.7. The first-order valence-corrected chi connectivity index (χ1v) is 22.8. The number of carbonyl (C=O) groups is 2. The molecule has 0 saturated heterocycles. The molecule has 0 heterocycles. The van der Waals surface area contributed by atoms with Gasteiger partial charge >= 0.3 is 19.8 Å². The summed E-state index contributed by atoms with van der Waals surface area (Å²) in [6.07, 6.45) is 37.2. The van der Waals surface area contributed by atoms with Gasteiger partial charge in [-0.05, 0) is 64.2 Å². The van der Waals surface area contributed by atoms with Gasteiger partial charge in [0.05, 0.1) is 19.8 Å². The first-order chi connectivity index (χ1) is 25.7. The Kier molecular flexibility index (Phi) is 37.6. The summed E-state index contributed by atoms with van der Waals surface area (Å²) in [4.78, 5) is 34.9. The molecule has 0 radical (unpaired) electrons. The first kappa shape index (κ1) is 51.5.